The molecule has 0 aliphatic carbocycles. The first-order chi connectivity index (χ1) is 8.66. The van der Waals surface area contributed by atoms with Crippen molar-refractivity contribution in [1.82, 2.24) is 15.1 Å². The molecule has 0 aliphatic rings. The zero-order valence-electron chi connectivity index (χ0n) is 11.4. The largest absolute Gasteiger partial charge is 0.310 e. The van der Waals surface area contributed by atoms with E-state index >= 15 is 0 Å². The monoisotopic (exact) mass is 243 g/mol. The van der Waals surface area contributed by atoms with Gasteiger partial charge in [-0.3, -0.25) is 4.68 Å². The number of benzene rings is 1. The molecule has 0 spiro atoms. The van der Waals surface area contributed by atoms with Gasteiger partial charge in [0, 0.05) is 24.8 Å². The Morgan fingerprint density at radius 1 is 1.28 bits per heavy atom. The SMILES string of the molecule is Cc1nn(C)cc1C(C)NCCc1ccccc1. The number of aromatic nitrogens is 2. The van der Waals surface area contributed by atoms with E-state index in [2.05, 4.69) is 60.8 Å². The molecule has 0 aliphatic heterocycles. The zero-order chi connectivity index (χ0) is 13.0. The summed E-state index contributed by atoms with van der Waals surface area (Å²) in [5.41, 5.74) is 3.77. The summed E-state index contributed by atoms with van der Waals surface area (Å²) in [6, 6.07) is 10.9. The van der Waals surface area contributed by atoms with Gasteiger partial charge >= 0.3 is 0 Å². The first-order valence-corrected chi connectivity index (χ1v) is 6.44. The Labute approximate surface area is 109 Å². The number of hydrogen-bond donors (Lipinski definition) is 1. The van der Waals surface area contributed by atoms with Crippen LogP contribution in [0.5, 0.6) is 0 Å². The van der Waals surface area contributed by atoms with Gasteiger partial charge < -0.3 is 5.32 Å². The second-order valence-corrected chi connectivity index (χ2v) is 4.75. The standard InChI is InChI=1S/C15H21N3/c1-12(15-11-18(3)17-13(15)2)16-10-9-14-7-5-4-6-8-14/h4-8,11-12,16H,9-10H2,1-3H3. The third kappa shape index (κ3) is 3.20. The van der Waals surface area contributed by atoms with Crippen molar-refractivity contribution in [2.24, 2.45) is 7.05 Å². The second kappa shape index (κ2) is 5.83. The van der Waals surface area contributed by atoms with E-state index in [1.165, 1.54) is 11.1 Å². The molecule has 0 amide bonds. The van der Waals surface area contributed by atoms with Crippen LogP contribution in [0.25, 0.3) is 0 Å². The molecule has 1 N–H and O–H groups in total. The van der Waals surface area contributed by atoms with Crippen molar-refractivity contribution in [3.05, 3.63) is 53.3 Å². The minimum atomic E-state index is 0.349. The van der Waals surface area contributed by atoms with Gasteiger partial charge in [-0.25, -0.2) is 0 Å². The molecule has 96 valence electrons. The maximum absolute atomic E-state index is 4.38. The lowest BCUT2D eigenvalue weighted by Gasteiger charge is -2.13. The molecule has 3 nitrogen and oxygen atoms in total. The van der Waals surface area contributed by atoms with Crippen LogP contribution in [0.1, 0.15) is 29.8 Å². The van der Waals surface area contributed by atoms with E-state index < -0.39 is 0 Å². The Kier molecular flexibility index (Phi) is 4.15. The smallest absolute Gasteiger partial charge is 0.0641 e. The minimum Gasteiger partial charge on any atom is -0.310 e. The van der Waals surface area contributed by atoms with Crippen molar-refractivity contribution in [3.63, 3.8) is 0 Å². The van der Waals surface area contributed by atoms with E-state index in [0.29, 0.717) is 6.04 Å². The Balaban J connectivity index is 1.85. The van der Waals surface area contributed by atoms with Gasteiger partial charge in [-0.05, 0) is 32.4 Å². The normalized spacial score (nSPS) is 12.6. The van der Waals surface area contributed by atoms with E-state index in [1.54, 1.807) is 0 Å². The van der Waals surface area contributed by atoms with Crippen LogP contribution >= 0.6 is 0 Å². The molecule has 2 rings (SSSR count). The summed E-state index contributed by atoms with van der Waals surface area (Å²) in [5.74, 6) is 0. The summed E-state index contributed by atoms with van der Waals surface area (Å²) in [5, 5.41) is 7.92. The summed E-state index contributed by atoms with van der Waals surface area (Å²) in [6.45, 7) is 5.24. The molecule has 1 aromatic carbocycles. The summed E-state index contributed by atoms with van der Waals surface area (Å²) in [6.07, 6.45) is 3.15. The summed E-state index contributed by atoms with van der Waals surface area (Å²) < 4.78 is 1.88. The van der Waals surface area contributed by atoms with Crippen LogP contribution in [-0.4, -0.2) is 16.3 Å². The van der Waals surface area contributed by atoms with Crippen molar-refractivity contribution in [2.45, 2.75) is 26.3 Å². The zero-order valence-corrected chi connectivity index (χ0v) is 11.4. The lowest BCUT2D eigenvalue weighted by atomic mass is 10.1. The van der Waals surface area contributed by atoms with Gasteiger partial charge in [-0.15, -0.1) is 0 Å². The number of hydrogen-bond acceptors (Lipinski definition) is 2. The fraction of sp³-hybridized carbons (Fsp3) is 0.400. The number of rotatable bonds is 5. The molecule has 0 radical (unpaired) electrons. The van der Waals surface area contributed by atoms with Gasteiger partial charge in [0.15, 0.2) is 0 Å². The van der Waals surface area contributed by atoms with E-state index in [4.69, 9.17) is 0 Å². The summed E-state index contributed by atoms with van der Waals surface area (Å²) in [4.78, 5) is 0. The van der Waals surface area contributed by atoms with E-state index in [-0.39, 0.29) is 0 Å². The molecule has 0 bridgehead atoms. The molecule has 18 heavy (non-hydrogen) atoms. The average Bonchev–Trinajstić information content (AvgIpc) is 2.70. The van der Waals surface area contributed by atoms with Gasteiger partial charge in [-0.1, -0.05) is 30.3 Å². The quantitative estimate of drug-likeness (QED) is 0.875. The van der Waals surface area contributed by atoms with Crippen LogP contribution < -0.4 is 5.32 Å². The number of nitrogens with one attached hydrogen (secondary N) is 1. The predicted molar refractivity (Wildman–Crippen MR) is 74.5 cm³/mol. The molecule has 0 saturated heterocycles. The van der Waals surface area contributed by atoms with Crippen molar-refractivity contribution < 1.29 is 0 Å². The van der Waals surface area contributed by atoms with Gasteiger partial charge in [0.1, 0.15) is 0 Å². The third-order valence-electron chi connectivity index (χ3n) is 3.22. The average molecular weight is 243 g/mol. The third-order valence-corrected chi connectivity index (χ3v) is 3.22. The highest BCUT2D eigenvalue weighted by atomic mass is 15.3. The lowest BCUT2D eigenvalue weighted by Crippen LogP contribution is -2.21. The Morgan fingerprint density at radius 2 is 2.00 bits per heavy atom. The number of aryl methyl sites for hydroxylation is 2. The van der Waals surface area contributed by atoms with Crippen molar-refractivity contribution in [2.75, 3.05) is 6.54 Å². The van der Waals surface area contributed by atoms with Gasteiger partial charge in [0.25, 0.3) is 0 Å². The van der Waals surface area contributed by atoms with Crippen LogP contribution in [-0.2, 0) is 13.5 Å². The molecule has 2 aromatic rings. The molecule has 3 heteroatoms. The molecule has 1 unspecified atom stereocenters. The molecule has 1 aromatic heterocycles. The lowest BCUT2D eigenvalue weighted by molar-refractivity contribution is 0.574. The molecule has 1 heterocycles. The van der Waals surface area contributed by atoms with Gasteiger partial charge in [-0.2, -0.15) is 5.10 Å². The molecule has 0 saturated carbocycles. The molecule has 1 atom stereocenters. The topological polar surface area (TPSA) is 29.9 Å². The Bertz CT molecular complexity index is 488. The highest BCUT2D eigenvalue weighted by molar-refractivity contribution is 5.19. The van der Waals surface area contributed by atoms with Crippen molar-refractivity contribution in [1.29, 1.82) is 0 Å². The minimum absolute atomic E-state index is 0.349. The maximum Gasteiger partial charge on any atom is 0.0641 e. The fourth-order valence-corrected chi connectivity index (χ4v) is 2.23. The summed E-state index contributed by atoms with van der Waals surface area (Å²) >= 11 is 0. The molecular formula is C15H21N3. The maximum atomic E-state index is 4.38. The fourth-order valence-electron chi connectivity index (χ4n) is 2.23. The Morgan fingerprint density at radius 3 is 2.61 bits per heavy atom. The van der Waals surface area contributed by atoms with Gasteiger partial charge in [0.2, 0.25) is 0 Å². The predicted octanol–water partition coefficient (Wildman–Crippen LogP) is 2.62. The highest BCUT2D eigenvalue weighted by Crippen LogP contribution is 2.15. The first kappa shape index (κ1) is 12.8. The van der Waals surface area contributed by atoms with Crippen LogP contribution in [0.3, 0.4) is 0 Å². The second-order valence-electron chi connectivity index (χ2n) is 4.75. The Hall–Kier alpha value is -1.61. The first-order valence-electron chi connectivity index (χ1n) is 6.44. The van der Waals surface area contributed by atoms with Crippen LogP contribution in [0.2, 0.25) is 0 Å². The van der Waals surface area contributed by atoms with Gasteiger partial charge in [0.05, 0.1) is 5.69 Å². The van der Waals surface area contributed by atoms with Crippen LogP contribution in [0.15, 0.2) is 36.5 Å². The van der Waals surface area contributed by atoms with Crippen LogP contribution in [0, 0.1) is 6.92 Å². The molecule has 0 fully saturated rings. The summed E-state index contributed by atoms with van der Waals surface area (Å²) in [7, 11) is 1.97. The van der Waals surface area contributed by atoms with Crippen LogP contribution in [0.4, 0.5) is 0 Å². The van der Waals surface area contributed by atoms with Crippen molar-refractivity contribution in [3.8, 4) is 0 Å². The highest BCUT2D eigenvalue weighted by Gasteiger charge is 2.10. The van der Waals surface area contributed by atoms with E-state index in [9.17, 15) is 0 Å². The van der Waals surface area contributed by atoms with Crippen molar-refractivity contribution >= 4 is 0 Å². The number of nitrogens with zero attached hydrogens (tertiary/aromatic N) is 2. The molecular weight excluding hydrogens is 222 g/mol. The van der Waals surface area contributed by atoms with E-state index in [1.807, 2.05) is 11.7 Å². The van der Waals surface area contributed by atoms with E-state index in [0.717, 1.165) is 18.7 Å².